The zero-order chi connectivity index (χ0) is 27.5. The molecule has 5 aromatic carbocycles. The minimum absolute atomic E-state index is 0.113. The van der Waals surface area contributed by atoms with Crippen LogP contribution in [0.5, 0.6) is 0 Å². The summed E-state index contributed by atoms with van der Waals surface area (Å²) in [6.07, 6.45) is 0. The van der Waals surface area contributed by atoms with E-state index in [4.69, 9.17) is 0 Å². The second-order valence-corrected chi connectivity index (χ2v) is 11.7. The molecular formula is C33H25N3O2S2. The first-order chi connectivity index (χ1) is 19.5. The summed E-state index contributed by atoms with van der Waals surface area (Å²) >= 11 is 2.87. The maximum atomic E-state index is 12.9. The number of thioether (sulfide) groups is 1. The fraction of sp³-hybridized carbons (Fsp3) is 0.0606. The number of fused-ring (bicyclic) bond motifs is 2. The Bertz CT molecular complexity index is 1850. The number of carbonyl (C=O) groups is 2. The fourth-order valence-electron chi connectivity index (χ4n) is 4.43. The van der Waals surface area contributed by atoms with Crippen LogP contribution in [0, 0.1) is 0 Å². The fourth-order valence-corrected chi connectivity index (χ4v) is 6.02. The van der Waals surface area contributed by atoms with E-state index in [-0.39, 0.29) is 17.1 Å². The maximum absolute atomic E-state index is 12.9. The van der Waals surface area contributed by atoms with Gasteiger partial charge in [-0.2, -0.15) is 0 Å². The lowest BCUT2D eigenvalue weighted by molar-refractivity contribution is -0.115. The van der Waals surface area contributed by atoms with Crippen LogP contribution in [-0.2, 0) is 4.79 Å². The van der Waals surface area contributed by atoms with E-state index in [1.165, 1.54) is 28.5 Å². The average molecular weight is 560 g/mol. The molecule has 0 saturated carbocycles. The van der Waals surface area contributed by atoms with Gasteiger partial charge in [0.25, 0.3) is 5.91 Å². The third kappa shape index (κ3) is 5.76. The van der Waals surface area contributed by atoms with Crippen molar-refractivity contribution in [2.45, 2.75) is 17.1 Å². The van der Waals surface area contributed by atoms with E-state index in [2.05, 4.69) is 45.9 Å². The minimum Gasteiger partial charge on any atom is -0.322 e. The first kappa shape index (κ1) is 25.8. The van der Waals surface area contributed by atoms with Crippen LogP contribution >= 0.6 is 23.1 Å². The second-order valence-electron chi connectivity index (χ2n) is 9.39. The van der Waals surface area contributed by atoms with Crippen LogP contribution in [0.2, 0.25) is 0 Å². The molecule has 0 spiro atoms. The standard InChI is InChI=1S/C33H25N3O2S2/c1-21(31(37)36-33-35-30(20-39-33)26-12-10-22-6-2-4-8-24(22)18-26)40-29-16-14-28(15-17-29)34-32(38)27-13-11-23-7-3-5-9-25(23)19-27/h2-21H,1H3,(H,34,38)(H,35,36,37). The van der Waals surface area contributed by atoms with Crippen molar-refractivity contribution in [3.8, 4) is 11.3 Å². The second kappa shape index (κ2) is 11.3. The van der Waals surface area contributed by atoms with E-state index in [9.17, 15) is 9.59 Å². The number of benzene rings is 5. The van der Waals surface area contributed by atoms with Gasteiger partial charge >= 0.3 is 0 Å². The highest BCUT2D eigenvalue weighted by Crippen LogP contribution is 2.30. The molecule has 0 aliphatic carbocycles. The molecule has 0 aliphatic rings. The van der Waals surface area contributed by atoms with Crippen molar-refractivity contribution in [2.75, 3.05) is 10.6 Å². The number of aromatic nitrogens is 1. The number of nitrogens with one attached hydrogen (secondary N) is 2. The highest BCUT2D eigenvalue weighted by Gasteiger charge is 2.17. The van der Waals surface area contributed by atoms with Crippen molar-refractivity contribution in [3.05, 3.63) is 120 Å². The zero-order valence-corrected chi connectivity index (χ0v) is 23.3. The molecule has 1 heterocycles. The number of hydrogen-bond acceptors (Lipinski definition) is 5. The smallest absolute Gasteiger partial charge is 0.255 e. The lowest BCUT2D eigenvalue weighted by atomic mass is 10.1. The molecule has 0 saturated heterocycles. The topological polar surface area (TPSA) is 71.1 Å². The number of amides is 2. The Kier molecular flexibility index (Phi) is 7.31. The molecule has 2 N–H and O–H groups in total. The predicted octanol–water partition coefficient (Wildman–Crippen LogP) is 8.49. The molecule has 1 atom stereocenters. The number of carbonyl (C=O) groups excluding carboxylic acids is 2. The molecule has 7 heteroatoms. The van der Waals surface area contributed by atoms with Gasteiger partial charge in [-0.25, -0.2) is 4.98 Å². The molecule has 0 aliphatic heterocycles. The van der Waals surface area contributed by atoms with Crippen molar-refractivity contribution in [3.63, 3.8) is 0 Å². The molecule has 0 bridgehead atoms. The SMILES string of the molecule is CC(Sc1ccc(NC(=O)c2ccc3ccccc3c2)cc1)C(=O)Nc1nc(-c2ccc3ccccc3c2)cs1. The molecule has 0 radical (unpaired) electrons. The van der Waals surface area contributed by atoms with E-state index in [1.807, 2.05) is 91.2 Å². The van der Waals surface area contributed by atoms with Crippen LogP contribution in [0.4, 0.5) is 10.8 Å². The van der Waals surface area contributed by atoms with E-state index in [0.29, 0.717) is 16.4 Å². The Labute approximate surface area is 240 Å². The van der Waals surface area contributed by atoms with Gasteiger partial charge in [-0.1, -0.05) is 66.7 Å². The van der Waals surface area contributed by atoms with Gasteiger partial charge in [0.15, 0.2) is 5.13 Å². The summed E-state index contributed by atoms with van der Waals surface area (Å²) in [5.41, 5.74) is 3.16. The third-order valence-corrected chi connectivity index (χ3v) is 8.46. The summed E-state index contributed by atoms with van der Waals surface area (Å²) in [4.78, 5) is 31.2. The summed E-state index contributed by atoms with van der Waals surface area (Å²) < 4.78 is 0. The summed E-state index contributed by atoms with van der Waals surface area (Å²) in [5.74, 6) is -0.275. The maximum Gasteiger partial charge on any atom is 0.255 e. The van der Waals surface area contributed by atoms with Crippen LogP contribution in [-0.4, -0.2) is 22.0 Å². The van der Waals surface area contributed by atoms with Crippen molar-refractivity contribution in [1.82, 2.24) is 4.98 Å². The highest BCUT2D eigenvalue weighted by atomic mass is 32.2. The van der Waals surface area contributed by atoms with Crippen molar-refractivity contribution in [1.29, 1.82) is 0 Å². The molecule has 40 heavy (non-hydrogen) atoms. The Morgan fingerprint density at radius 1 is 0.750 bits per heavy atom. The molecule has 1 unspecified atom stereocenters. The Morgan fingerprint density at radius 3 is 2.12 bits per heavy atom. The molecule has 5 nitrogen and oxygen atoms in total. The number of hydrogen-bond donors (Lipinski definition) is 2. The molecule has 6 aromatic rings. The minimum atomic E-state index is -0.328. The Balaban J connectivity index is 1.05. The van der Waals surface area contributed by atoms with Crippen LogP contribution in [0.15, 0.2) is 119 Å². The van der Waals surface area contributed by atoms with Gasteiger partial charge in [0.1, 0.15) is 0 Å². The number of thiazole rings is 1. The molecule has 1 aromatic heterocycles. The van der Waals surface area contributed by atoms with Gasteiger partial charge in [-0.3, -0.25) is 9.59 Å². The first-order valence-corrected chi connectivity index (χ1v) is 14.6. The molecular weight excluding hydrogens is 535 g/mol. The van der Waals surface area contributed by atoms with Crippen LogP contribution in [0.25, 0.3) is 32.8 Å². The summed E-state index contributed by atoms with van der Waals surface area (Å²) in [6, 6.07) is 35.6. The molecule has 6 rings (SSSR count). The van der Waals surface area contributed by atoms with E-state index in [1.54, 1.807) is 0 Å². The quantitative estimate of drug-likeness (QED) is 0.192. The first-order valence-electron chi connectivity index (χ1n) is 12.8. The summed E-state index contributed by atoms with van der Waals surface area (Å²) in [5, 5.41) is 12.6. The van der Waals surface area contributed by atoms with Gasteiger partial charge in [0.2, 0.25) is 5.91 Å². The Morgan fingerprint density at radius 2 is 1.40 bits per heavy atom. The van der Waals surface area contributed by atoms with E-state index >= 15 is 0 Å². The van der Waals surface area contributed by atoms with E-state index in [0.717, 1.165) is 32.3 Å². The largest absolute Gasteiger partial charge is 0.322 e. The zero-order valence-electron chi connectivity index (χ0n) is 21.6. The molecule has 196 valence electrons. The van der Waals surface area contributed by atoms with Crippen LogP contribution < -0.4 is 10.6 Å². The van der Waals surface area contributed by atoms with Crippen LogP contribution in [0.3, 0.4) is 0 Å². The van der Waals surface area contributed by atoms with Gasteiger partial charge in [0.05, 0.1) is 10.9 Å². The molecule has 0 fully saturated rings. The van der Waals surface area contributed by atoms with Gasteiger partial charge in [0, 0.05) is 27.1 Å². The predicted molar refractivity (Wildman–Crippen MR) is 167 cm³/mol. The molecule has 2 amide bonds. The lowest BCUT2D eigenvalue weighted by Gasteiger charge is -2.11. The monoisotopic (exact) mass is 559 g/mol. The average Bonchev–Trinajstić information content (AvgIpc) is 3.46. The van der Waals surface area contributed by atoms with Crippen molar-refractivity contribution >= 4 is 67.3 Å². The van der Waals surface area contributed by atoms with E-state index < -0.39 is 0 Å². The van der Waals surface area contributed by atoms with Gasteiger partial charge < -0.3 is 10.6 Å². The third-order valence-electron chi connectivity index (χ3n) is 6.59. The normalized spacial score (nSPS) is 11.8. The van der Waals surface area contributed by atoms with Crippen molar-refractivity contribution in [2.24, 2.45) is 0 Å². The van der Waals surface area contributed by atoms with Crippen molar-refractivity contribution < 1.29 is 9.59 Å². The van der Waals surface area contributed by atoms with Gasteiger partial charge in [-0.15, -0.1) is 23.1 Å². The highest BCUT2D eigenvalue weighted by molar-refractivity contribution is 8.00. The van der Waals surface area contributed by atoms with Gasteiger partial charge in [-0.05, 0) is 70.9 Å². The lowest BCUT2D eigenvalue weighted by Crippen LogP contribution is -2.22. The number of nitrogens with zero attached hydrogens (tertiary/aromatic N) is 1. The number of rotatable bonds is 7. The Hall–Kier alpha value is -4.46. The summed E-state index contributed by atoms with van der Waals surface area (Å²) in [6.45, 7) is 1.87. The van der Waals surface area contributed by atoms with Crippen LogP contribution in [0.1, 0.15) is 17.3 Å². The number of anilines is 2. The summed E-state index contributed by atoms with van der Waals surface area (Å²) in [7, 11) is 0.